The number of benzene rings is 1. The number of nitrogens with zero attached hydrogens (tertiary/aromatic N) is 2. The Morgan fingerprint density at radius 1 is 1.27 bits per heavy atom. The SMILES string of the molecule is CC(C)c1ccc(CN(C(=O)c2cc(-c3cccs3)on2)[C@H]2CCS(=O)(=O)C2)cc1. The van der Waals surface area contributed by atoms with Crippen molar-refractivity contribution in [1.29, 1.82) is 0 Å². The van der Waals surface area contributed by atoms with Gasteiger partial charge in [-0.1, -0.05) is 49.3 Å². The van der Waals surface area contributed by atoms with E-state index in [0.717, 1.165) is 10.4 Å². The second kappa shape index (κ2) is 8.35. The minimum atomic E-state index is -3.13. The van der Waals surface area contributed by atoms with Crippen molar-refractivity contribution in [2.75, 3.05) is 11.5 Å². The zero-order valence-corrected chi connectivity index (χ0v) is 18.6. The Balaban J connectivity index is 1.60. The number of amides is 1. The molecule has 8 heteroatoms. The second-order valence-electron chi connectivity index (χ2n) is 7.94. The number of carbonyl (C=O) groups is 1. The molecule has 1 aliphatic heterocycles. The third kappa shape index (κ3) is 4.49. The molecule has 158 valence electrons. The van der Waals surface area contributed by atoms with Gasteiger partial charge in [-0.25, -0.2) is 8.42 Å². The molecule has 1 aromatic carbocycles. The topological polar surface area (TPSA) is 80.5 Å². The predicted octanol–water partition coefficient (Wildman–Crippen LogP) is 4.36. The Morgan fingerprint density at radius 2 is 2.03 bits per heavy atom. The summed E-state index contributed by atoms with van der Waals surface area (Å²) in [7, 11) is -3.13. The molecule has 0 aliphatic carbocycles. The summed E-state index contributed by atoms with van der Waals surface area (Å²) in [6.07, 6.45) is 0.438. The molecule has 2 aromatic heterocycles. The molecule has 3 heterocycles. The Labute approximate surface area is 180 Å². The molecule has 0 bridgehead atoms. The van der Waals surface area contributed by atoms with Crippen molar-refractivity contribution in [2.24, 2.45) is 0 Å². The standard InChI is InChI=1S/C22H24N2O4S2/c1-15(2)17-7-5-16(6-8-17)13-24(18-9-11-30(26,27)14-18)22(25)19-12-20(28-23-19)21-4-3-10-29-21/h3-8,10,12,15,18H,9,11,13-14H2,1-2H3/t18-/m0/s1. The van der Waals surface area contributed by atoms with E-state index >= 15 is 0 Å². The number of rotatable bonds is 6. The highest BCUT2D eigenvalue weighted by atomic mass is 32.2. The quantitative estimate of drug-likeness (QED) is 0.564. The summed E-state index contributed by atoms with van der Waals surface area (Å²) in [5.41, 5.74) is 2.37. The number of sulfone groups is 1. The van der Waals surface area contributed by atoms with E-state index in [1.54, 1.807) is 11.0 Å². The van der Waals surface area contributed by atoms with Crippen LogP contribution in [0.2, 0.25) is 0 Å². The van der Waals surface area contributed by atoms with E-state index in [1.165, 1.54) is 16.9 Å². The van der Waals surface area contributed by atoms with Crippen LogP contribution in [0.1, 0.15) is 47.8 Å². The van der Waals surface area contributed by atoms with E-state index in [0.29, 0.717) is 24.6 Å². The van der Waals surface area contributed by atoms with Gasteiger partial charge in [0.25, 0.3) is 5.91 Å². The van der Waals surface area contributed by atoms with E-state index in [9.17, 15) is 13.2 Å². The highest BCUT2D eigenvalue weighted by Gasteiger charge is 2.36. The first-order valence-corrected chi connectivity index (χ1v) is 12.6. The summed E-state index contributed by atoms with van der Waals surface area (Å²) in [4.78, 5) is 15.8. The first kappa shape index (κ1) is 20.8. The molecule has 1 saturated heterocycles. The molecule has 0 saturated carbocycles. The lowest BCUT2D eigenvalue weighted by atomic mass is 10.0. The van der Waals surface area contributed by atoms with Crippen LogP contribution in [0, 0.1) is 0 Å². The van der Waals surface area contributed by atoms with E-state index in [4.69, 9.17) is 4.52 Å². The number of hydrogen-bond acceptors (Lipinski definition) is 6. The Morgan fingerprint density at radius 3 is 2.63 bits per heavy atom. The van der Waals surface area contributed by atoms with Crippen LogP contribution in [0.5, 0.6) is 0 Å². The molecule has 1 atom stereocenters. The maximum atomic E-state index is 13.3. The molecule has 0 unspecified atom stereocenters. The van der Waals surface area contributed by atoms with Gasteiger partial charge in [0.05, 0.1) is 16.4 Å². The summed E-state index contributed by atoms with van der Waals surface area (Å²) >= 11 is 1.50. The largest absolute Gasteiger partial charge is 0.355 e. The monoisotopic (exact) mass is 444 g/mol. The predicted molar refractivity (Wildman–Crippen MR) is 117 cm³/mol. The normalized spacial score (nSPS) is 18.0. The van der Waals surface area contributed by atoms with Gasteiger partial charge in [0.2, 0.25) is 0 Å². The van der Waals surface area contributed by atoms with Crippen LogP contribution in [0.3, 0.4) is 0 Å². The summed E-state index contributed by atoms with van der Waals surface area (Å²) in [6, 6.07) is 13.2. The van der Waals surface area contributed by atoms with Crippen molar-refractivity contribution in [3.05, 3.63) is 64.7 Å². The molecule has 30 heavy (non-hydrogen) atoms. The highest BCUT2D eigenvalue weighted by molar-refractivity contribution is 7.91. The van der Waals surface area contributed by atoms with Crippen LogP contribution < -0.4 is 0 Å². The van der Waals surface area contributed by atoms with Gasteiger partial charge >= 0.3 is 0 Å². The molecule has 3 aromatic rings. The van der Waals surface area contributed by atoms with Crippen LogP contribution in [-0.4, -0.2) is 41.9 Å². The van der Waals surface area contributed by atoms with Gasteiger partial charge in [0.1, 0.15) is 0 Å². The van der Waals surface area contributed by atoms with Crippen molar-refractivity contribution < 1.29 is 17.7 Å². The first-order chi connectivity index (χ1) is 14.3. The molecule has 6 nitrogen and oxygen atoms in total. The molecular formula is C22H24N2O4S2. The number of carbonyl (C=O) groups excluding carboxylic acids is 1. The molecule has 0 spiro atoms. The van der Waals surface area contributed by atoms with Crippen molar-refractivity contribution in [2.45, 2.75) is 38.8 Å². The zero-order chi connectivity index (χ0) is 21.3. The average Bonchev–Trinajstić information content (AvgIpc) is 3.46. The lowest BCUT2D eigenvalue weighted by Crippen LogP contribution is -2.40. The molecule has 0 radical (unpaired) electrons. The van der Waals surface area contributed by atoms with Crippen LogP contribution in [0.25, 0.3) is 10.6 Å². The molecular weight excluding hydrogens is 420 g/mol. The maximum absolute atomic E-state index is 13.3. The minimum Gasteiger partial charge on any atom is -0.355 e. The molecule has 0 N–H and O–H groups in total. The summed E-state index contributed by atoms with van der Waals surface area (Å²) in [5.74, 6) is 0.735. The molecule has 1 aliphatic rings. The first-order valence-electron chi connectivity index (χ1n) is 9.93. The van der Waals surface area contributed by atoms with Gasteiger partial charge in [-0.3, -0.25) is 4.79 Å². The number of aromatic nitrogens is 1. The fourth-order valence-corrected chi connectivity index (χ4v) is 6.05. The van der Waals surface area contributed by atoms with Gasteiger partial charge in [0, 0.05) is 18.7 Å². The smallest absolute Gasteiger partial charge is 0.276 e. The molecule has 4 rings (SSSR count). The van der Waals surface area contributed by atoms with Crippen LogP contribution >= 0.6 is 11.3 Å². The van der Waals surface area contributed by atoms with E-state index in [1.807, 2.05) is 29.6 Å². The average molecular weight is 445 g/mol. The van der Waals surface area contributed by atoms with Crippen molar-refractivity contribution >= 4 is 27.1 Å². The molecule has 1 fully saturated rings. The van der Waals surface area contributed by atoms with E-state index in [-0.39, 0.29) is 29.1 Å². The summed E-state index contributed by atoms with van der Waals surface area (Å²) < 4.78 is 29.5. The highest BCUT2D eigenvalue weighted by Crippen LogP contribution is 2.27. The minimum absolute atomic E-state index is 0.0154. The van der Waals surface area contributed by atoms with Crippen molar-refractivity contribution in [3.63, 3.8) is 0 Å². The Bertz CT molecular complexity index is 1120. The van der Waals surface area contributed by atoms with E-state index < -0.39 is 9.84 Å². The third-order valence-corrected chi connectivity index (χ3v) is 8.04. The lowest BCUT2D eigenvalue weighted by molar-refractivity contribution is 0.0670. The zero-order valence-electron chi connectivity index (χ0n) is 16.9. The fraction of sp³-hybridized carbons (Fsp3) is 0.364. The van der Waals surface area contributed by atoms with Crippen molar-refractivity contribution in [1.82, 2.24) is 10.1 Å². The number of thiophene rings is 1. The van der Waals surface area contributed by atoms with Gasteiger partial charge in [0.15, 0.2) is 21.3 Å². The van der Waals surface area contributed by atoms with Crippen LogP contribution in [-0.2, 0) is 16.4 Å². The van der Waals surface area contributed by atoms with Crippen LogP contribution in [0.15, 0.2) is 52.4 Å². The van der Waals surface area contributed by atoms with Crippen LogP contribution in [0.4, 0.5) is 0 Å². The van der Waals surface area contributed by atoms with Gasteiger partial charge in [-0.2, -0.15) is 0 Å². The fourth-order valence-electron chi connectivity index (χ4n) is 3.65. The number of hydrogen-bond donors (Lipinski definition) is 0. The van der Waals surface area contributed by atoms with E-state index in [2.05, 4.69) is 31.1 Å². The maximum Gasteiger partial charge on any atom is 0.276 e. The molecule has 1 amide bonds. The van der Waals surface area contributed by atoms with Crippen molar-refractivity contribution in [3.8, 4) is 10.6 Å². The Kier molecular flexibility index (Phi) is 5.79. The summed E-state index contributed by atoms with van der Waals surface area (Å²) in [6.45, 7) is 4.59. The third-order valence-electron chi connectivity index (χ3n) is 5.40. The van der Waals surface area contributed by atoms with Gasteiger partial charge in [-0.15, -0.1) is 11.3 Å². The lowest BCUT2D eigenvalue weighted by Gasteiger charge is -2.27. The second-order valence-corrected chi connectivity index (χ2v) is 11.1. The van der Waals surface area contributed by atoms with Gasteiger partial charge < -0.3 is 9.42 Å². The Hall–Kier alpha value is -2.45. The van der Waals surface area contributed by atoms with Gasteiger partial charge in [-0.05, 0) is 34.9 Å². The summed E-state index contributed by atoms with van der Waals surface area (Å²) in [5, 5.41) is 5.90.